The molecule has 100 valence electrons. The van der Waals surface area contributed by atoms with Gasteiger partial charge in [-0.05, 0) is 37.4 Å². The number of aromatic nitrogens is 1. The highest BCUT2D eigenvalue weighted by Crippen LogP contribution is 2.18. The zero-order valence-electron chi connectivity index (χ0n) is 11.3. The van der Waals surface area contributed by atoms with Crippen LogP contribution in [0.3, 0.4) is 0 Å². The van der Waals surface area contributed by atoms with Crippen molar-refractivity contribution in [1.29, 1.82) is 0 Å². The molecular weight excluding hydrogens is 262 g/mol. The van der Waals surface area contributed by atoms with Gasteiger partial charge in [-0.2, -0.15) is 0 Å². The van der Waals surface area contributed by atoms with Crippen molar-refractivity contribution < 1.29 is 9.59 Å². The number of hydrogen-bond acceptors (Lipinski definition) is 3. The highest BCUT2D eigenvalue weighted by molar-refractivity contribution is 7.80. The van der Waals surface area contributed by atoms with Gasteiger partial charge in [-0.25, -0.2) is 0 Å². The lowest BCUT2D eigenvalue weighted by Crippen LogP contribution is -2.52. The summed E-state index contributed by atoms with van der Waals surface area (Å²) in [4.78, 5) is 26.9. The Bertz CT molecular complexity index is 589. The Hall–Kier alpha value is -1.95. The maximum atomic E-state index is 12.1. The number of hydrogen-bond donors (Lipinski definition) is 0. The number of carbonyl (C=O) groups is 2. The van der Waals surface area contributed by atoms with Gasteiger partial charge in [0.05, 0.1) is 0 Å². The van der Waals surface area contributed by atoms with Crippen molar-refractivity contribution in [3.05, 3.63) is 29.1 Å². The summed E-state index contributed by atoms with van der Waals surface area (Å²) < 4.78 is 1.92. The van der Waals surface area contributed by atoms with E-state index in [1.165, 1.54) is 9.80 Å². The second kappa shape index (κ2) is 4.62. The fourth-order valence-corrected chi connectivity index (χ4v) is 2.07. The molecule has 1 aliphatic heterocycles. The van der Waals surface area contributed by atoms with E-state index in [0.717, 1.165) is 11.4 Å². The van der Waals surface area contributed by atoms with Crippen molar-refractivity contribution in [2.75, 3.05) is 14.1 Å². The first-order valence-electron chi connectivity index (χ1n) is 5.78. The van der Waals surface area contributed by atoms with E-state index in [0.29, 0.717) is 0 Å². The summed E-state index contributed by atoms with van der Waals surface area (Å²) >= 11 is 5.03. The van der Waals surface area contributed by atoms with Crippen molar-refractivity contribution in [3.8, 4) is 0 Å². The maximum Gasteiger partial charge on any atom is 0.265 e. The normalized spacial score (nSPS) is 16.4. The minimum absolute atomic E-state index is 0.125. The largest absolute Gasteiger partial charge is 0.348 e. The second-order valence-corrected chi connectivity index (χ2v) is 4.89. The molecule has 1 aromatic rings. The summed E-state index contributed by atoms with van der Waals surface area (Å²) in [7, 11) is 5.02. The summed E-state index contributed by atoms with van der Waals surface area (Å²) in [5, 5.41) is 0.218. The average Bonchev–Trinajstić information content (AvgIpc) is 2.71. The molecule has 0 saturated carbocycles. The van der Waals surface area contributed by atoms with Crippen molar-refractivity contribution in [3.63, 3.8) is 0 Å². The zero-order valence-corrected chi connectivity index (χ0v) is 12.1. The van der Waals surface area contributed by atoms with Crippen LogP contribution in [0.2, 0.25) is 0 Å². The Balaban J connectivity index is 2.48. The number of amides is 2. The lowest BCUT2D eigenvalue weighted by Gasteiger charge is -2.31. The van der Waals surface area contributed by atoms with Crippen LogP contribution in [0.5, 0.6) is 0 Å². The van der Waals surface area contributed by atoms with Crippen molar-refractivity contribution in [2.45, 2.75) is 6.92 Å². The molecule has 0 N–H and O–H groups in total. The Morgan fingerprint density at radius 3 is 2.00 bits per heavy atom. The fraction of sp³-hybridized carbons (Fsp3) is 0.308. The predicted molar refractivity (Wildman–Crippen MR) is 76.3 cm³/mol. The van der Waals surface area contributed by atoms with E-state index in [2.05, 4.69) is 0 Å². The number of carbonyl (C=O) groups excluding carboxylic acids is 2. The molecule has 0 aromatic carbocycles. The molecular formula is C13H15N3O2S. The summed E-state index contributed by atoms with van der Waals surface area (Å²) in [5.74, 6) is -0.737. The van der Waals surface area contributed by atoms with Gasteiger partial charge in [0.15, 0.2) is 5.11 Å². The third-order valence-corrected chi connectivity index (χ3v) is 3.90. The molecule has 1 aliphatic rings. The van der Waals surface area contributed by atoms with Crippen LogP contribution in [0.15, 0.2) is 17.7 Å². The standard InChI is InChI=1S/C13H15N3O2S/c1-8-5-6-9(14(8)2)7-10-11(17)15(3)13(19)16(4)12(10)18/h5-7H,1-4H3. The van der Waals surface area contributed by atoms with E-state index >= 15 is 0 Å². The summed E-state index contributed by atoms with van der Waals surface area (Å²) in [5.41, 5.74) is 1.99. The molecule has 0 aliphatic carbocycles. The minimum Gasteiger partial charge on any atom is -0.348 e. The first-order chi connectivity index (χ1) is 8.84. The molecule has 1 saturated heterocycles. The van der Waals surface area contributed by atoms with Gasteiger partial charge in [0.1, 0.15) is 5.57 Å². The molecule has 5 nitrogen and oxygen atoms in total. The predicted octanol–water partition coefficient (Wildman–Crippen LogP) is 0.932. The van der Waals surface area contributed by atoms with Gasteiger partial charge in [-0.3, -0.25) is 19.4 Å². The molecule has 2 amide bonds. The number of nitrogens with zero attached hydrogens (tertiary/aromatic N) is 3. The van der Waals surface area contributed by atoms with E-state index in [9.17, 15) is 9.59 Å². The molecule has 1 fully saturated rings. The van der Waals surface area contributed by atoms with Gasteiger partial charge >= 0.3 is 0 Å². The number of aryl methyl sites for hydroxylation is 1. The Morgan fingerprint density at radius 1 is 1.05 bits per heavy atom. The van der Waals surface area contributed by atoms with Crippen LogP contribution in [0.4, 0.5) is 0 Å². The van der Waals surface area contributed by atoms with Gasteiger partial charge in [-0.1, -0.05) is 0 Å². The van der Waals surface area contributed by atoms with Crippen LogP contribution in [0, 0.1) is 6.92 Å². The summed E-state index contributed by atoms with van der Waals surface area (Å²) in [6.07, 6.45) is 1.60. The monoisotopic (exact) mass is 277 g/mol. The van der Waals surface area contributed by atoms with Crippen molar-refractivity contribution in [1.82, 2.24) is 14.4 Å². The number of rotatable bonds is 1. The minimum atomic E-state index is -0.369. The maximum absolute atomic E-state index is 12.1. The first kappa shape index (κ1) is 13.5. The van der Waals surface area contributed by atoms with Crippen LogP contribution in [0.1, 0.15) is 11.4 Å². The molecule has 2 rings (SSSR count). The van der Waals surface area contributed by atoms with Crippen molar-refractivity contribution >= 4 is 35.2 Å². The smallest absolute Gasteiger partial charge is 0.265 e. The Morgan fingerprint density at radius 2 is 1.58 bits per heavy atom. The quantitative estimate of drug-likeness (QED) is 0.436. The molecule has 0 atom stereocenters. The Labute approximate surface area is 117 Å². The molecule has 6 heteroatoms. The summed E-state index contributed by atoms with van der Waals surface area (Å²) in [6.45, 7) is 1.96. The highest BCUT2D eigenvalue weighted by Gasteiger charge is 2.35. The first-order valence-corrected chi connectivity index (χ1v) is 6.19. The van der Waals surface area contributed by atoms with Crippen LogP contribution < -0.4 is 0 Å². The summed E-state index contributed by atoms with van der Waals surface area (Å²) in [6, 6.07) is 3.80. The van der Waals surface area contributed by atoms with Gasteiger partial charge in [0.25, 0.3) is 11.8 Å². The molecule has 1 aromatic heterocycles. The van der Waals surface area contributed by atoms with Crippen LogP contribution in [-0.2, 0) is 16.6 Å². The van der Waals surface area contributed by atoms with Gasteiger partial charge < -0.3 is 4.57 Å². The van der Waals surface area contributed by atoms with E-state index in [-0.39, 0.29) is 22.5 Å². The Kier molecular flexibility index (Phi) is 3.28. The molecule has 0 bridgehead atoms. The average molecular weight is 277 g/mol. The van der Waals surface area contributed by atoms with E-state index in [1.54, 1.807) is 20.2 Å². The van der Waals surface area contributed by atoms with Crippen LogP contribution in [-0.4, -0.2) is 45.4 Å². The molecule has 19 heavy (non-hydrogen) atoms. The van der Waals surface area contributed by atoms with Gasteiger partial charge in [-0.15, -0.1) is 0 Å². The highest BCUT2D eigenvalue weighted by atomic mass is 32.1. The number of likely N-dealkylation sites (N-methyl/N-ethyl adjacent to an activating group) is 2. The topological polar surface area (TPSA) is 45.6 Å². The van der Waals surface area contributed by atoms with Gasteiger partial charge in [0.2, 0.25) is 0 Å². The lowest BCUT2D eigenvalue weighted by atomic mass is 10.1. The second-order valence-electron chi connectivity index (χ2n) is 4.53. The lowest BCUT2D eigenvalue weighted by molar-refractivity contribution is -0.132. The fourth-order valence-electron chi connectivity index (χ4n) is 1.90. The third kappa shape index (κ3) is 2.08. The SMILES string of the molecule is Cc1ccc(C=C2C(=O)N(C)C(=S)N(C)C2=O)n1C. The molecule has 0 radical (unpaired) electrons. The molecule has 2 heterocycles. The van der Waals surface area contributed by atoms with Gasteiger partial charge in [0, 0.05) is 32.5 Å². The third-order valence-electron chi connectivity index (χ3n) is 3.35. The van der Waals surface area contributed by atoms with E-state index in [1.807, 2.05) is 30.7 Å². The zero-order chi connectivity index (χ0) is 14.3. The number of thiocarbonyl (C=S) groups is 1. The molecule has 0 unspecified atom stereocenters. The van der Waals surface area contributed by atoms with E-state index < -0.39 is 0 Å². The van der Waals surface area contributed by atoms with Crippen LogP contribution in [0.25, 0.3) is 6.08 Å². The van der Waals surface area contributed by atoms with Crippen LogP contribution >= 0.6 is 12.2 Å². The molecule has 0 spiro atoms. The van der Waals surface area contributed by atoms with E-state index in [4.69, 9.17) is 12.2 Å². The van der Waals surface area contributed by atoms with Crippen molar-refractivity contribution in [2.24, 2.45) is 7.05 Å².